The Labute approximate surface area is 102 Å². The first-order chi connectivity index (χ1) is 8.18. The minimum atomic E-state index is -1.73. The summed E-state index contributed by atoms with van der Waals surface area (Å²) < 4.78 is 4.53. The van der Waals surface area contributed by atoms with Gasteiger partial charge in [-0.1, -0.05) is 54.0 Å². The van der Waals surface area contributed by atoms with Gasteiger partial charge in [-0.3, -0.25) is 0 Å². The SMILES string of the molecule is OB(O)Oc1ccccc1.[B]c1ccccc1. The smallest absolute Gasteiger partial charge is 0.512 e. The highest BCUT2D eigenvalue weighted by Crippen LogP contribution is 2.07. The minimum Gasteiger partial charge on any atom is -0.512 e. The number of hydrogen-bond acceptors (Lipinski definition) is 3. The van der Waals surface area contributed by atoms with Crippen LogP contribution in [0, 0.1) is 0 Å². The molecule has 0 amide bonds. The Kier molecular flexibility index (Phi) is 5.93. The molecule has 0 heterocycles. The fourth-order valence-electron chi connectivity index (χ4n) is 1.07. The molecule has 0 aliphatic heterocycles. The lowest BCUT2D eigenvalue weighted by atomic mass is 9.97. The van der Waals surface area contributed by atoms with Crippen molar-refractivity contribution >= 4 is 20.6 Å². The first-order valence-electron chi connectivity index (χ1n) is 5.07. The lowest BCUT2D eigenvalue weighted by Gasteiger charge is -2.01. The van der Waals surface area contributed by atoms with E-state index in [2.05, 4.69) is 4.65 Å². The van der Waals surface area contributed by atoms with Crippen LogP contribution in [-0.4, -0.2) is 25.2 Å². The van der Waals surface area contributed by atoms with Gasteiger partial charge in [0.1, 0.15) is 13.6 Å². The molecule has 0 fully saturated rings. The van der Waals surface area contributed by atoms with Gasteiger partial charge in [0.2, 0.25) is 0 Å². The van der Waals surface area contributed by atoms with Crippen LogP contribution in [0.1, 0.15) is 0 Å². The summed E-state index contributed by atoms with van der Waals surface area (Å²) in [5, 5.41) is 16.7. The molecule has 0 saturated carbocycles. The highest BCUT2D eigenvalue weighted by atomic mass is 16.6. The van der Waals surface area contributed by atoms with E-state index in [4.69, 9.17) is 17.9 Å². The molecular weight excluding hydrogens is 214 g/mol. The molecule has 17 heavy (non-hydrogen) atoms. The van der Waals surface area contributed by atoms with Gasteiger partial charge >= 0.3 is 7.32 Å². The predicted molar refractivity (Wildman–Crippen MR) is 69.1 cm³/mol. The van der Waals surface area contributed by atoms with Gasteiger partial charge in [0.05, 0.1) is 0 Å². The Balaban J connectivity index is 0.000000181. The van der Waals surface area contributed by atoms with Crippen LogP contribution in [0.15, 0.2) is 60.7 Å². The van der Waals surface area contributed by atoms with E-state index in [1.54, 1.807) is 24.3 Å². The van der Waals surface area contributed by atoms with E-state index in [0.717, 1.165) is 5.46 Å². The van der Waals surface area contributed by atoms with Crippen molar-refractivity contribution in [2.24, 2.45) is 0 Å². The average molecular weight is 226 g/mol. The molecule has 2 rings (SSSR count). The molecule has 5 heteroatoms. The molecule has 2 N–H and O–H groups in total. The van der Waals surface area contributed by atoms with Gasteiger partial charge in [-0.25, -0.2) is 0 Å². The summed E-state index contributed by atoms with van der Waals surface area (Å²) in [5.74, 6) is 0.442. The summed E-state index contributed by atoms with van der Waals surface area (Å²) >= 11 is 0. The summed E-state index contributed by atoms with van der Waals surface area (Å²) in [5.41, 5.74) is 0.822. The molecular formula is C12H12B2O3. The Morgan fingerprint density at radius 1 is 0.824 bits per heavy atom. The van der Waals surface area contributed by atoms with Gasteiger partial charge in [0.25, 0.3) is 0 Å². The molecule has 0 unspecified atom stereocenters. The third kappa shape index (κ3) is 6.45. The van der Waals surface area contributed by atoms with Crippen LogP contribution < -0.4 is 10.1 Å². The van der Waals surface area contributed by atoms with Crippen molar-refractivity contribution in [1.82, 2.24) is 0 Å². The van der Waals surface area contributed by atoms with Crippen molar-refractivity contribution in [2.45, 2.75) is 0 Å². The second-order valence-corrected chi connectivity index (χ2v) is 3.17. The van der Waals surface area contributed by atoms with Crippen LogP contribution in [0.2, 0.25) is 0 Å². The normalized spacial score (nSPS) is 8.82. The lowest BCUT2D eigenvalue weighted by molar-refractivity contribution is 0.288. The third-order valence-corrected chi connectivity index (χ3v) is 1.78. The first kappa shape index (κ1) is 13.4. The molecule has 0 atom stereocenters. The van der Waals surface area contributed by atoms with Crippen LogP contribution >= 0.6 is 0 Å². The summed E-state index contributed by atoms with van der Waals surface area (Å²) in [6.07, 6.45) is 0. The molecule has 0 aliphatic rings. The fraction of sp³-hybridized carbons (Fsp3) is 0. The van der Waals surface area contributed by atoms with E-state index in [0.29, 0.717) is 5.75 Å². The number of para-hydroxylation sites is 1. The van der Waals surface area contributed by atoms with Crippen LogP contribution in [-0.2, 0) is 0 Å². The molecule has 0 bridgehead atoms. The maximum Gasteiger partial charge on any atom is 0.707 e. The Morgan fingerprint density at radius 2 is 1.29 bits per heavy atom. The van der Waals surface area contributed by atoms with Crippen molar-refractivity contribution in [3.05, 3.63) is 60.7 Å². The number of rotatable bonds is 2. The van der Waals surface area contributed by atoms with Gasteiger partial charge in [-0.05, 0) is 12.1 Å². The largest absolute Gasteiger partial charge is 0.707 e. The van der Waals surface area contributed by atoms with Gasteiger partial charge in [-0.15, -0.1) is 0 Å². The quantitative estimate of drug-likeness (QED) is 0.733. The summed E-state index contributed by atoms with van der Waals surface area (Å²) in [6, 6.07) is 18.1. The molecule has 2 aromatic carbocycles. The van der Waals surface area contributed by atoms with Crippen molar-refractivity contribution in [3.63, 3.8) is 0 Å². The highest BCUT2D eigenvalue weighted by molar-refractivity contribution is 6.33. The second-order valence-electron chi connectivity index (χ2n) is 3.17. The number of benzene rings is 2. The Morgan fingerprint density at radius 3 is 1.65 bits per heavy atom. The predicted octanol–water partition coefficient (Wildman–Crippen LogP) is 0.515. The monoisotopic (exact) mass is 226 g/mol. The third-order valence-electron chi connectivity index (χ3n) is 1.78. The maximum absolute atomic E-state index is 8.34. The molecule has 0 spiro atoms. The topological polar surface area (TPSA) is 49.7 Å². The van der Waals surface area contributed by atoms with Crippen molar-refractivity contribution < 1.29 is 14.7 Å². The minimum absolute atomic E-state index is 0.442. The van der Waals surface area contributed by atoms with E-state index < -0.39 is 7.32 Å². The molecule has 0 aromatic heterocycles. The standard InChI is InChI=1S/C6H7BO3.C6H5B/c8-7(9)10-6-4-2-1-3-5-6;7-6-4-2-1-3-5-6/h1-5,8-9H;1-5H. The van der Waals surface area contributed by atoms with Gasteiger partial charge < -0.3 is 14.7 Å². The van der Waals surface area contributed by atoms with Gasteiger partial charge in [-0.2, -0.15) is 0 Å². The Bertz CT molecular complexity index is 407. The summed E-state index contributed by atoms with van der Waals surface area (Å²) in [4.78, 5) is 0. The van der Waals surface area contributed by atoms with E-state index in [1.165, 1.54) is 0 Å². The van der Waals surface area contributed by atoms with E-state index in [9.17, 15) is 0 Å². The zero-order valence-corrected chi connectivity index (χ0v) is 9.23. The molecule has 2 aromatic rings. The molecule has 2 radical (unpaired) electrons. The van der Waals surface area contributed by atoms with Crippen LogP contribution in [0.25, 0.3) is 0 Å². The van der Waals surface area contributed by atoms with Crippen LogP contribution in [0.3, 0.4) is 0 Å². The summed E-state index contributed by atoms with van der Waals surface area (Å²) in [7, 11) is 3.62. The zero-order valence-electron chi connectivity index (χ0n) is 9.23. The van der Waals surface area contributed by atoms with Crippen molar-refractivity contribution in [2.75, 3.05) is 0 Å². The molecule has 3 nitrogen and oxygen atoms in total. The van der Waals surface area contributed by atoms with Crippen molar-refractivity contribution in [1.29, 1.82) is 0 Å². The second kappa shape index (κ2) is 7.54. The number of hydrogen-bond donors (Lipinski definition) is 2. The van der Waals surface area contributed by atoms with Crippen LogP contribution in [0.5, 0.6) is 5.75 Å². The van der Waals surface area contributed by atoms with E-state index in [1.807, 2.05) is 36.4 Å². The zero-order chi connectivity index (χ0) is 12.5. The highest BCUT2D eigenvalue weighted by Gasteiger charge is 2.09. The average Bonchev–Trinajstić information content (AvgIpc) is 2.31. The summed E-state index contributed by atoms with van der Waals surface area (Å²) in [6.45, 7) is 0. The van der Waals surface area contributed by atoms with E-state index in [-0.39, 0.29) is 0 Å². The molecule has 0 aliphatic carbocycles. The molecule has 0 saturated heterocycles. The fourth-order valence-corrected chi connectivity index (χ4v) is 1.07. The Hall–Kier alpha value is -1.71. The maximum atomic E-state index is 8.34. The van der Waals surface area contributed by atoms with Gasteiger partial charge in [0, 0.05) is 0 Å². The van der Waals surface area contributed by atoms with Crippen LogP contribution in [0.4, 0.5) is 0 Å². The molecule has 84 valence electrons. The van der Waals surface area contributed by atoms with Crippen molar-refractivity contribution in [3.8, 4) is 5.75 Å². The van der Waals surface area contributed by atoms with Gasteiger partial charge in [0.15, 0.2) is 0 Å². The van der Waals surface area contributed by atoms with E-state index >= 15 is 0 Å². The lowest BCUT2D eigenvalue weighted by Crippen LogP contribution is -2.20. The first-order valence-corrected chi connectivity index (χ1v) is 5.07.